The van der Waals surface area contributed by atoms with Crippen LogP contribution in [0, 0.1) is 0 Å². The third-order valence-electron chi connectivity index (χ3n) is 2.45. The predicted molar refractivity (Wildman–Crippen MR) is 50.3 cm³/mol. The van der Waals surface area contributed by atoms with Crippen molar-refractivity contribution in [1.29, 1.82) is 0 Å². The molecule has 1 aliphatic rings. The van der Waals surface area contributed by atoms with E-state index in [-0.39, 0.29) is 11.5 Å². The molecule has 1 aromatic rings. The quantitative estimate of drug-likeness (QED) is 0.753. The SMILES string of the molecule is O=C1CCCc2cc(OC(F)F)ccc21. The van der Waals surface area contributed by atoms with Crippen LogP contribution in [0.5, 0.6) is 5.75 Å². The summed E-state index contributed by atoms with van der Waals surface area (Å²) in [7, 11) is 0. The Morgan fingerprint density at radius 2 is 2.07 bits per heavy atom. The van der Waals surface area contributed by atoms with Crippen LogP contribution in [0.15, 0.2) is 18.2 Å². The molecular weight excluding hydrogens is 202 g/mol. The molecule has 0 bridgehead atoms. The fourth-order valence-electron chi connectivity index (χ4n) is 1.80. The summed E-state index contributed by atoms with van der Waals surface area (Å²) in [5.41, 5.74) is 1.45. The lowest BCUT2D eigenvalue weighted by Crippen LogP contribution is -2.11. The van der Waals surface area contributed by atoms with Crippen molar-refractivity contribution in [3.63, 3.8) is 0 Å². The molecule has 0 saturated carbocycles. The lowest BCUT2D eigenvalue weighted by Gasteiger charge is -2.15. The van der Waals surface area contributed by atoms with Crippen molar-refractivity contribution >= 4 is 5.78 Å². The summed E-state index contributed by atoms with van der Waals surface area (Å²) in [6.07, 6.45) is 2.08. The van der Waals surface area contributed by atoms with Gasteiger partial charge in [0.05, 0.1) is 0 Å². The van der Waals surface area contributed by atoms with Crippen LogP contribution in [-0.2, 0) is 6.42 Å². The van der Waals surface area contributed by atoms with Gasteiger partial charge in [-0.2, -0.15) is 8.78 Å². The number of carbonyl (C=O) groups excluding carboxylic acids is 1. The van der Waals surface area contributed by atoms with E-state index in [1.54, 1.807) is 6.07 Å². The second kappa shape index (κ2) is 3.96. The molecule has 1 aliphatic carbocycles. The molecule has 0 saturated heterocycles. The normalized spacial score (nSPS) is 15.3. The van der Waals surface area contributed by atoms with Crippen LogP contribution in [0.25, 0.3) is 0 Å². The number of rotatable bonds is 2. The molecule has 15 heavy (non-hydrogen) atoms. The van der Waals surface area contributed by atoms with E-state index in [0.29, 0.717) is 12.0 Å². The monoisotopic (exact) mass is 212 g/mol. The maximum absolute atomic E-state index is 11.9. The number of carbonyl (C=O) groups is 1. The molecule has 0 N–H and O–H groups in total. The molecule has 0 fully saturated rings. The Morgan fingerprint density at radius 3 is 2.80 bits per heavy atom. The van der Waals surface area contributed by atoms with Crippen molar-refractivity contribution in [3.8, 4) is 5.75 Å². The van der Waals surface area contributed by atoms with Crippen LogP contribution in [0.3, 0.4) is 0 Å². The number of Topliss-reactive ketones (excluding diaryl/α,β-unsaturated/α-hetero) is 1. The molecule has 2 nitrogen and oxygen atoms in total. The largest absolute Gasteiger partial charge is 0.435 e. The predicted octanol–water partition coefficient (Wildman–Crippen LogP) is 2.81. The number of aryl methyl sites for hydroxylation is 1. The number of hydrogen-bond donors (Lipinski definition) is 0. The Labute approximate surface area is 85.9 Å². The van der Waals surface area contributed by atoms with Gasteiger partial charge >= 0.3 is 6.61 Å². The zero-order valence-corrected chi connectivity index (χ0v) is 8.00. The van der Waals surface area contributed by atoms with Crippen molar-refractivity contribution in [2.24, 2.45) is 0 Å². The molecule has 80 valence electrons. The average molecular weight is 212 g/mol. The summed E-state index contributed by atoms with van der Waals surface area (Å²) in [4.78, 5) is 11.4. The first-order valence-electron chi connectivity index (χ1n) is 4.78. The zero-order valence-electron chi connectivity index (χ0n) is 8.00. The molecule has 0 amide bonds. The third kappa shape index (κ3) is 2.14. The van der Waals surface area contributed by atoms with E-state index in [1.165, 1.54) is 12.1 Å². The zero-order chi connectivity index (χ0) is 10.8. The Kier molecular flexibility index (Phi) is 2.66. The van der Waals surface area contributed by atoms with E-state index in [0.717, 1.165) is 18.4 Å². The fourth-order valence-corrected chi connectivity index (χ4v) is 1.80. The highest BCUT2D eigenvalue weighted by Crippen LogP contribution is 2.26. The number of ether oxygens (including phenoxy) is 1. The van der Waals surface area contributed by atoms with Gasteiger partial charge in [-0.15, -0.1) is 0 Å². The van der Waals surface area contributed by atoms with Crippen molar-refractivity contribution in [1.82, 2.24) is 0 Å². The Bertz CT molecular complexity index is 388. The first-order chi connectivity index (χ1) is 7.16. The molecule has 0 aromatic heterocycles. The number of halogens is 2. The van der Waals surface area contributed by atoms with Crippen LogP contribution < -0.4 is 4.74 Å². The Balaban J connectivity index is 2.29. The van der Waals surface area contributed by atoms with Gasteiger partial charge in [-0.1, -0.05) is 0 Å². The molecule has 0 atom stereocenters. The van der Waals surface area contributed by atoms with Crippen LogP contribution >= 0.6 is 0 Å². The third-order valence-corrected chi connectivity index (χ3v) is 2.45. The Morgan fingerprint density at radius 1 is 1.27 bits per heavy atom. The number of benzene rings is 1. The molecule has 2 rings (SSSR count). The highest BCUT2D eigenvalue weighted by molar-refractivity contribution is 5.98. The first-order valence-corrected chi connectivity index (χ1v) is 4.78. The van der Waals surface area contributed by atoms with Crippen molar-refractivity contribution in [2.45, 2.75) is 25.9 Å². The molecule has 1 aromatic carbocycles. The topological polar surface area (TPSA) is 26.3 Å². The van der Waals surface area contributed by atoms with Crippen LogP contribution in [0.2, 0.25) is 0 Å². The number of fused-ring (bicyclic) bond motifs is 1. The van der Waals surface area contributed by atoms with Crippen molar-refractivity contribution < 1.29 is 18.3 Å². The molecule has 4 heteroatoms. The van der Waals surface area contributed by atoms with Crippen LogP contribution in [0.1, 0.15) is 28.8 Å². The smallest absolute Gasteiger partial charge is 0.387 e. The van der Waals surface area contributed by atoms with Gasteiger partial charge in [0.2, 0.25) is 0 Å². The summed E-state index contributed by atoms with van der Waals surface area (Å²) in [6.45, 7) is -2.82. The standard InChI is InChI=1S/C11H10F2O2/c12-11(13)15-8-4-5-9-7(6-8)2-1-3-10(9)14/h4-6,11H,1-3H2. The van der Waals surface area contributed by atoms with E-state index >= 15 is 0 Å². The Hall–Kier alpha value is -1.45. The minimum atomic E-state index is -2.82. The molecule has 0 aliphatic heterocycles. The first kappa shape index (κ1) is 10.1. The summed E-state index contributed by atoms with van der Waals surface area (Å²) in [5, 5.41) is 0. The van der Waals surface area contributed by atoms with E-state index in [4.69, 9.17) is 0 Å². The summed E-state index contributed by atoms with van der Waals surface area (Å²) >= 11 is 0. The number of ketones is 1. The van der Waals surface area contributed by atoms with E-state index in [2.05, 4.69) is 4.74 Å². The maximum atomic E-state index is 11.9. The van der Waals surface area contributed by atoms with Gasteiger partial charge in [-0.3, -0.25) is 4.79 Å². The average Bonchev–Trinajstić information content (AvgIpc) is 2.17. The molecule has 0 heterocycles. The van der Waals surface area contributed by atoms with Crippen molar-refractivity contribution in [3.05, 3.63) is 29.3 Å². The van der Waals surface area contributed by atoms with E-state index in [9.17, 15) is 13.6 Å². The van der Waals surface area contributed by atoms with Gasteiger partial charge in [-0.25, -0.2) is 0 Å². The van der Waals surface area contributed by atoms with E-state index in [1.807, 2.05) is 0 Å². The summed E-state index contributed by atoms with van der Waals surface area (Å²) < 4.78 is 28.2. The highest BCUT2D eigenvalue weighted by atomic mass is 19.3. The van der Waals surface area contributed by atoms with Crippen molar-refractivity contribution in [2.75, 3.05) is 0 Å². The molecular formula is C11H10F2O2. The van der Waals surface area contributed by atoms with E-state index < -0.39 is 6.61 Å². The summed E-state index contributed by atoms with van der Waals surface area (Å²) in [5.74, 6) is 0.207. The molecule has 0 spiro atoms. The van der Waals surface area contributed by atoms with Gasteiger partial charge in [-0.05, 0) is 36.6 Å². The van der Waals surface area contributed by atoms with Gasteiger partial charge in [0.15, 0.2) is 5.78 Å². The fraction of sp³-hybridized carbons (Fsp3) is 0.364. The minimum absolute atomic E-state index is 0.0832. The molecule has 0 unspecified atom stereocenters. The van der Waals surface area contributed by atoms with Gasteiger partial charge in [0, 0.05) is 12.0 Å². The van der Waals surface area contributed by atoms with Gasteiger partial charge < -0.3 is 4.74 Å². The van der Waals surface area contributed by atoms with Crippen LogP contribution in [0.4, 0.5) is 8.78 Å². The maximum Gasteiger partial charge on any atom is 0.387 e. The second-order valence-electron chi connectivity index (χ2n) is 3.47. The van der Waals surface area contributed by atoms with Gasteiger partial charge in [0.25, 0.3) is 0 Å². The number of alkyl halides is 2. The van der Waals surface area contributed by atoms with Crippen LogP contribution in [-0.4, -0.2) is 12.4 Å². The minimum Gasteiger partial charge on any atom is -0.435 e. The van der Waals surface area contributed by atoms with Gasteiger partial charge in [0.1, 0.15) is 5.75 Å². The number of hydrogen-bond acceptors (Lipinski definition) is 2. The second-order valence-corrected chi connectivity index (χ2v) is 3.47. The summed E-state index contributed by atoms with van der Waals surface area (Å²) in [6, 6.07) is 4.50. The molecule has 0 radical (unpaired) electrons. The lowest BCUT2D eigenvalue weighted by atomic mass is 9.91. The lowest BCUT2D eigenvalue weighted by molar-refractivity contribution is -0.0498. The highest BCUT2D eigenvalue weighted by Gasteiger charge is 2.17.